The average molecular weight is 293 g/mol. The molecule has 0 bridgehead atoms. The van der Waals surface area contributed by atoms with Crippen LogP contribution in [0.5, 0.6) is 0 Å². The van der Waals surface area contributed by atoms with Crippen molar-refractivity contribution < 1.29 is 19.4 Å². The Hall–Kier alpha value is -1.43. The van der Waals surface area contributed by atoms with Crippen molar-refractivity contribution in [3.63, 3.8) is 0 Å². The van der Waals surface area contributed by atoms with Crippen LogP contribution in [-0.4, -0.2) is 54.9 Å². The molecule has 0 unspecified atom stereocenters. The van der Waals surface area contributed by atoms with E-state index in [4.69, 9.17) is 9.47 Å². The summed E-state index contributed by atoms with van der Waals surface area (Å²) in [6.45, 7) is 1.44. The topological polar surface area (TPSA) is 59.0 Å². The lowest BCUT2D eigenvalue weighted by Gasteiger charge is -2.22. The summed E-state index contributed by atoms with van der Waals surface area (Å²) >= 11 is 0. The van der Waals surface area contributed by atoms with Crippen molar-refractivity contribution in [2.75, 3.05) is 26.9 Å². The molecular weight excluding hydrogens is 270 g/mol. The van der Waals surface area contributed by atoms with Crippen LogP contribution in [0.1, 0.15) is 18.4 Å². The van der Waals surface area contributed by atoms with E-state index in [0.29, 0.717) is 32.6 Å². The number of nitrogens with zero attached hydrogens (tertiary/aromatic N) is 1. The van der Waals surface area contributed by atoms with Crippen LogP contribution in [0.25, 0.3) is 0 Å². The van der Waals surface area contributed by atoms with E-state index in [1.807, 2.05) is 30.3 Å². The Morgan fingerprint density at radius 1 is 1.38 bits per heavy atom. The summed E-state index contributed by atoms with van der Waals surface area (Å²) in [5, 5.41) is 9.34. The first-order chi connectivity index (χ1) is 10.2. The van der Waals surface area contributed by atoms with Gasteiger partial charge in [0.25, 0.3) is 0 Å². The number of likely N-dealkylation sites (tertiary alicyclic amines) is 1. The molecule has 1 fully saturated rings. The molecule has 1 aliphatic rings. The predicted octanol–water partition coefficient (Wildman–Crippen LogP) is 1.20. The van der Waals surface area contributed by atoms with E-state index >= 15 is 0 Å². The van der Waals surface area contributed by atoms with Crippen LogP contribution >= 0.6 is 0 Å². The number of methoxy groups -OCH3 is 1. The summed E-state index contributed by atoms with van der Waals surface area (Å²) in [7, 11) is 1.63. The Labute approximate surface area is 125 Å². The number of rotatable bonds is 7. The van der Waals surface area contributed by atoms with Gasteiger partial charge >= 0.3 is 0 Å². The zero-order valence-corrected chi connectivity index (χ0v) is 12.4. The molecule has 1 N–H and O–H groups in total. The molecule has 5 heteroatoms. The Bertz CT molecular complexity index is 437. The van der Waals surface area contributed by atoms with Gasteiger partial charge < -0.3 is 19.5 Å². The smallest absolute Gasteiger partial charge is 0.225 e. The van der Waals surface area contributed by atoms with Gasteiger partial charge in [-0.2, -0.15) is 0 Å². The lowest BCUT2D eigenvalue weighted by molar-refractivity contribution is -0.134. The van der Waals surface area contributed by atoms with E-state index < -0.39 is 0 Å². The van der Waals surface area contributed by atoms with Crippen molar-refractivity contribution in [3.05, 3.63) is 35.9 Å². The van der Waals surface area contributed by atoms with Gasteiger partial charge in [-0.25, -0.2) is 0 Å². The quantitative estimate of drug-likeness (QED) is 0.768. The number of hydrogen-bond acceptors (Lipinski definition) is 4. The van der Waals surface area contributed by atoms with E-state index in [9.17, 15) is 9.90 Å². The summed E-state index contributed by atoms with van der Waals surface area (Å²) in [4.78, 5) is 13.9. The number of benzene rings is 1. The van der Waals surface area contributed by atoms with E-state index in [0.717, 1.165) is 5.56 Å². The van der Waals surface area contributed by atoms with E-state index in [1.54, 1.807) is 12.0 Å². The molecule has 1 amide bonds. The van der Waals surface area contributed by atoms with Gasteiger partial charge in [0, 0.05) is 13.7 Å². The second-order valence-corrected chi connectivity index (χ2v) is 5.26. The molecule has 116 valence electrons. The maximum absolute atomic E-state index is 12.2. The van der Waals surface area contributed by atoms with Crippen molar-refractivity contribution in [1.82, 2.24) is 4.90 Å². The van der Waals surface area contributed by atoms with Crippen LogP contribution in [0.4, 0.5) is 0 Å². The molecule has 2 atom stereocenters. The molecule has 0 aromatic heterocycles. The Morgan fingerprint density at radius 3 is 2.81 bits per heavy atom. The zero-order chi connectivity index (χ0) is 15.1. The van der Waals surface area contributed by atoms with Crippen LogP contribution in [0.3, 0.4) is 0 Å². The number of aliphatic hydroxyl groups is 1. The minimum atomic E-state index is -0.128. The largest absolute Gasteiger partial charge is 0.394 e. The zero-order valence-electron chi connectivity index (χ0n) is 12.4. The minimum absolute atomic E-state index is 0.0154. The maximum atomic E-state index is 12.2. The molecule has 1 saturated heterocycles. The molecule has 1 aromatic rings. The van der Waals surface area contributed by atoms with Gasteiger partial charge in [0.1, 0.15) is 0 Å². The van der Waals surface area contributed by atoms with E-state index in [1.165, 1.54) is 0 Å². The molecule has 1 aliphatic heterocycles. The van der Waals surface area contributed by atoms with Gasteiger partial charge in [-0.1, -0.05) is 30.3 Å². The van der Waals surface area contributed by atoms with Crippen LogP contribution in [0.15, 0.2) is 30.3 Å². The van der Waals surface area contributed by atoms with Crippen molar-refractivity contribution >= 4 is 5.91 Å². The highest BCUT2D eigenvalue weighted by Gasteiger charge is 2.34. The van der Waals surface area contributed by atoms with E-state index in [-0.39, 0.29) is 24.7 Å². The Morgan fingerprint density at radius 2 is 2.14 bits per heavy atom. The summed E-state index contributed by atoms with van der Waals surface area (Å²) in [5.41, 5.74) is 1.10. The third kappa shape index (κ3) is 4.52. The lowest BCUT2D eigenvalue weighted by Crippen LogP contribution is -2.38. The molecule has 21 heavy (non-hydrogen) atoms. The Balaban J connectivity index is 1.71. The molecule has 0 saturated carbocycles. The van der Waals surface area contributed by atoms with Crippen LogP contribution in [-0.2, 0) is 20.9 Å². The number of ether oxygens (including phenoxy) is 2. The fourth-order valence-corrected chi connectivity index (χ4v) is 2.59. The molecule has 0 spiro atoms. The number of carbonyl (C=O) groups excluding carboxylic acids is 1. The second kappa shape index (κ2) is 8.12. The van der Waals surface area contributed by atoms with Gasteiger partial charge in [0.2, 0.25) is 5.91 Å². The lowest BCUT2D eigenvalue weighted by atomic mass is 10.2. The fourth-order valence-electron chi connectivity index (χ4n) is 2.59. The highest BCUT2D eigenvalue weighted by Crippen LogP contribution is 2.20. The first kappa shape index (κ1) is 15.9. The van der Waals surface area contributed by atoms with Crippen LogP contribution < -0.4 is 0 Å². The summed E-state index contributed by atoms with van der Waals surface area (Å²) in [6, 6.07) is 9.74. The molecule has 5 nitrogen and oxygen atoms in total. The number of aliphatic hydroxyl groups excluding tert-OH is 1. The van der Waals surface area contributed by atoms with Crippen molar-refractivity contribution in [3.8, 4) is 0 Å². The highest BCUT2D eigenvalue weighted by atomic mass is 16.5. The SMILES string of the molecule is CO[C@@H]1C[C@@H](CO)N(C(=O)CCOCc2ccccc2)C1. The molecule has 1 aromatic carbocycles. The van der Waals surface area contributed by atoms with Crippen molar-refractivity contribution in [2.24, 2.45) is 0 Å². The monoisotopic (exact) mass is 293 g/mol. The number of carbonyl (C=O) groups is 1. The first-order valence-electron chi connectivity index (χ1n) is 7.29. The molecular formula is C16H23NO4. The maximum Gasteiger partial charge on any atom is 0.225 e. The first-order valence-corrected chi connectivity index (χ1v) is 7.29. The summed E-state index contributed by atoms with van der Waals surface area (Å²) in [5.74, 6) is 0.0154. The highest BCUT2D eigenvalue weighted by molar-refractivity contribution is 5.77. The third-order valence-electron chi connectivity index (χ3n) is 3.81. The van der Waals surface area contributed by atoms with Gasteiger partial charge in [0.05, 0.1) is 38.4 Å². The third-order valence-corrected chi connectivity index (χ3v) is 3.81. The molecule has 2 rings (SSSR count). The molecule has 1 heterocycles. The fraction of sp³-hybridized carbons (Fsp3) is 0.562. The van der Waals surface area contributed by atoms with Gasteiger partial charge in [-0.3, -0.25) is 4.79 Å². The van der Waals surface area contributed by atoms with E-state index in [2.05, 4.69) is 0 Å². The molecule has 0 aliphatic carbocycles. The standard InChI is InChI=1S/C16H23NO4/c1-20-15-9-14(11-18)17(10-15)16(19)7-8-21-12-13-5-3-2-4-6-13/h2-6,14-15,18H,7-12H2,1H3/t14-,15+/m0/s1. The van der Waals surface area contributed by atoms with Gasteiger partial charge in [-0.15, -0.1) is 0 Å². The molecule has 0 radical (unpaired) electrons. The van der Waals surface area contributed by atoms with Gasteiger partial charge in [0.15, 0.2) is 0 Å². The van der Waals surface area contributed by atoms with Crippen molar-refractivity contribution in [2.45, 2.75) is 31.6 Å². The van der Waals surface area contributed by atoms with Gasteiger partial charge in [-0.05, 0) is 12.0 Å². The normalized spacial score (nSPS) is 21.7. The predicted molar refractivity (Wildman–Crippen MR) is 78.7 cm³/mol. The number of amides is 1. The van der Waals surface area contributed by atoms with Crippen molar-refractivity contribution in [1.29, 1.82) is 0 Å². The Kier molecular flexibility index (Phi) is 6.17. The van der Waals surface area contributed by atoms with Crippen LogP contribution in [0, 0.1) is 0 Å². The summed E-state index contributed by atoms with van der Waals surface area (Å²) < 4.78 is 10.8. The average Bonchev–Trinajstić information content (AvgIpc) is 2.96. The second-order valence-electron chi connectivity index (χ2n) is 5.26. The van der Waals surface area contributed by atoms with Crippen LogP contribution in [0.2, 0.25) is 0 Å². The summed E-state index contributed by atoms with van der Waals surface area (Å²) in [6.07, 6.45) is 1.06. The minimum Gasteiger partial charge on any atom is -0.394 e. The number of hydrogen-bond donors (Lipinski definition) is 1.